The summed E-state index contributed by atoms with van der Waals surface area (Å²) in [7, 11) is -3.27. The van der Waals surface area contributed by atoms with Gasteiger partial charge in [0.05, 0.1) is 16.9 Å². The number of amides is 1. The molecule has 0 aliphatic carbocycles. The lowest BCUT2D eigenvalue weighted by atomic mass is 9.98. The number of nitrogens with zero attached hydrogens (tertiary/aromatic N) is 4. The van der Waals surface area contributed by atoms with Gasteiger partial charge in [0.1, 0.15) is 11.3 Å². The summed E-state index contributed by atoms with van der Waals surface area (Å²) in [6.07, 6.45) is 2.63. The van der Waals surface area contributed by atoms with E-state index in [1.165, 1.54) is 28.0 Å². The number of piperazine rings is 1. The molecule has 10 heteroatoms. The van der Waals surface area contributed by atoms with Crippen LogP contribution in [0, 0.1) is 11.7 Å². The average Bonchev–Trinajstić information content (AvgIpc) is 3.13. The fraction of sp³-hybridized carbons (Fsp3) is 0.556. The fourth-order valence-electron chi connectivity index (χ4n) is 3.86. The van der Waals surface area contributed by atoms with Crippen molar-refractivity contribution in [3.63, 3.8) is 0 Å². The summed E-state index contributed by atoms with van der Waals surface area (Å²) in [4.78, 5) is 21.2. The number of rotatable bonds is 3. The van der Waals surface area contributed by atoms with Gasteiger partial charge in [-0.05, 0) is 25.0 Å². The van der Waals surface area contributed by atoms with Crippen LogP contribution in [0.5, 0.6) is 0 Å². The molecule has 152 valence electrons. The quantitative estimate of drug-likeness (QED) is 0.748. The number of piperidine rings is 1. The van der Waals surface area contributed by atoms with Crippen molar-refractivity contribution in [1.29, 1.82) is 0 Å². The average molecular weight is 427 g/mol. The molecule has 0 N–H and O–H groups in total. The highest BCUT2D eigenvalue weighted by Crippen LogP contribution is 2.31. The van der Waals surface area contributed by atoms with Crippen molar-refractivity contribution >= 4 is 42.6 Å². The minimum absolute atomic E-state index is 0.0309. The lowest BCUT2D eigenvalue weighted by molar-refractivity contribution is -0.137. The number of hydrogen-bond acceptors (Lipinski definition) is 6. The predicted octanol–water partition coefficient (Wildman–Crippen LogP) is 1.76. The largest absolute Gasteiger partial charge is 0.345 e. The maximum atomic E-state index is 13.9. The van der Waals surface area contributed by atoms with Crippen molar-refractivity contribution in [3.05, 3.63) is 24.0 Å². The second-order valence-corrected chi connectivity index (χ2v) is 10.3. The van der Waals surface area contributed by atoms with E-state index < -0.39 is 10.0 Å². The maximum Gasteiger partial charge on any atom is 0.227 e. The molecule has 1 aromatic carbocycles. The lowest BCUT2D eigenvalue weighted by Gasteiger charge is -2.38. The highest BCUT2D eigenvalue weighted by molar-refractivity contribution is 7.88. The third-order valence-corrected chi connectivity index (χ3v) is 7.77. The number of fused-ring (bicyclic) bond motifs is 1. The predicted molar refractivity (Wildman–Crippen MR) is 108 cm³/mol. The summed E-state index contributed by atoms with van der Waals surface area (Å²) in [5.74, 6) is -0.559. The van der Waals surface area contributed by atoms with Crippen LogP contribution in [-0.4, -0.2) is 74.0 Å². The van der Waals surface area contributed by atoms with Crippen LogP contribution in [0.25, 0.3) is 10.2 Å². The Bertz CT molecular complexity index is 986. The van der Waals surface area contributed by atoms with Gasteiger partial charge in [-0.2, -0.15) is 0 Å². The Kier molecular flexibility index (Phi) is 5.28. The van der Waals surface area contributed by atoms with Crippen LogP contribution in [0.3, 0.4) is 0 Å². The first-order valence-corrected chi connectivity index (χ1v) is 12.0. The number of carbonyl (C=O) groups is 1. The van der Waals surface area contributed by atoms with Gasteiger partial charge in [0.25, 0.3) is 0 Å². The standard InChI is InChI=1S/C18H23FN4O3S2/c1-28(25,26)23-7-3-4-13(12-23)17(24)21-8-10-22(11-9-21)18-20-16-14(19)5-2-6-15(16)27-18/h2,5-6,13H,3-4,7-12H2,1H3. The zero-order valence-corrected chi connectivity index (χ0v) is 17.3. The molecule has 2 aliphatic rings. The summed E-state index contributed by atoms with van der Waals surface area (Å²) >= 11 is 1.46. The molecule has 1 atom stereocenters. The van der Waals surface area contributed by atoms with E-state index >= 15 is 0 Å². The second-order valence-electron chi connectivity index (χ2n) is 7.36. The van der Waals surface area contributed by atoms with Gasteiger partial charge in [0.15, 0.2) is 5.13 Å². The summed E-state index contributed by atoms with van der Waals surface area (Å²) in [5, 5.41) is 0.771. The topological polar surface area (TPSA) is 73.8 Å². The number of benzene rings is 1. The van der Waals surface area contributed by atoms with E-state index in [1.54, 1.807) is 6.07 Å². The molecule has 2 aromatic rings. The Balaban J connectivity index is 1.39. The zero-order valence-electron chi connectivity index (χ0n) is 15.7. The molecule has 7 nitrogen and oxygen atoms in total. The Hall–Kier alpha value is -1.78. The number of thiazole rings is 1. The Labute approximate surface area is 167 Å². The van der Waals surface area contributed by atoms with E-state index in [1.807, 2.05) is 11.0 Å². The molecule has 2 fully saturated rings. The van der Waals surface area contributed by atoms with Gasteiger partial charge >= 0.3 is 0 Å². The van der Waals surface area contributed by atoms with E-state index in [2.05, 4.69) is 9.88 Å². The van der Waals surface area contributed by atoms with Gasteiger partial charge in [-0.15, -0.1) is 0 Å². The SMILES string of the molecule is CS(=O)(=O)N1CCCC(C(=O)N2CCN(c3nc4c(F)cccc4s3)CC2)C1. The monoisotopic (exact) mass is 426 g/mol. The molecule has 0 radical (unpaired) electrons. The highest BCUT2D eigenvalue weighted by atomic mass is 32.2. The van der Waals surface area contributed by atoms with Crippen LogP contribution in [-0.2, 0) is 14.8 Å². The molecule has 0 saturated carbocycles. The molecule has 2 saturated heterocycles. The number of hydrogen-bond donors (Lipinski definition) is 0. The molecule has 3 heterocycles. The molecule has 28 heavy (non-hydrogen) atoms. The molecular formula is C18H23FN4O3S2. The minimum atomic E-state index is -3.27. The molecule has 4 rings (SSSR count). The minimum Gasteiger partial charge on any atom is -0.345 e. The molecule has 2 aliphatic heterocycles. The highest BCUT2D eigenvalue weighted by Gasteiger charge is 2.34. The number of halogens is 1. The molecular weight excluding hydrogens is 403 g/mol. The van der Waals surface area contributed by atoms with Crippen molar-refractivity contribution in [1.82, 2.24) is 14.2 Å². The van der Waals surface area contributed by atoms with E-state index in [4.69, 9.17) is 0 Å². The maximum absolute atomic E-state index is 13.9. The van der Waals surface area contributed by atoms with E-state index in [0.717, 1.165) is 16.3 Å². The van der Waals surface area contributed by atoms with Crippen molar-refractivity contribution < 1.29 is 17.6 Å². The fourth-order valence-corrected chi connectivity index (χ4v) is 5.80. The van der Waals surface area contributed by atoms with Gasteiger partial charge in [-0.3, -0.25) is 4.79 Å². The normalized spacial score (nSPS) is 22.0. The van der Waals surface area contributed by atoms with Crippen molar-refractivity contribution in [2.24, 2.45) is 5.92 Å². The zero-order chi connectivity index (χ0) is 19.9. The Morgan fingerprint density at radius 3 is 2.64 bits per heavy atom. The van der Waals surface area contributed by atoms with E-state index in [0.29, 0.717) is 44.7 Å². The first-order chi connectivity index (χ1) is 13.3. The van der Waals surface area contributed by atoms with Gasteiger partial charge in [0.2, 0.25) is 15.9 Å². The summed E-state index contributed by atoms with van der Waals surface area (Å²) in [6.45, 7) is 3.16. The van der Waals surface area contributed by atoms with Gasteiger partial charge in [-0.25, -0.2) is 22.1 Å². The van der Waals surface area contributed by atoms with Crippen molar-refractivity contribution in [3.8, 4) is 0 Å². The number of carbonyl (C=O) groups excluding carboxylic acids is 1. The lowest BCUT2D eigenvalue weighted by Crippen LogP contribution is -2.53. The number of anilines is 1. The smallest absolute Gasteiger partial charge is 0.227 e. The van der Waals surface area contributed by atoms with Gasteiger partial charge < -0.3 is 9.80 Å². The van der Waals surface area contributed by atoms with Crippen LogP contribution >= 0.6 is 11.3 Å². The van der Waals surface area contributed by atoms with Gasteiger partial charge in [-0.1, -0.05) is 17.4 Å². The van der Waals surface area contributed by atoms with E-state index in [9.17, 15) is 17.6 Å². The first-order valence-electron chi connectivity index (χ1n) is 9.37. The second kappa shape index (κ2) is 7.57. The van der Waals surface area contributed by atoms with E-state index in [-0.39, 0.29) is 24.2 Å². The summed E-state index contributed by atoms with van der Waals surface area (Å²) < 4.78 is 39.7. The molecule has 0 spiro atoms. The Morgan fingerprint density at radius 1 is 1.21 bits per heavy atom. The van der Waals surface area contributed by atoms with Gasteiger partial charge in [0, 0.05) is 39.3 Å². The third-order valence-electron chi connectivity index (χ3n) is 5.42. The number of sulfonamides is 1. The summed E-state index contributed by atoms with van der Waals surface area (Å²) in [5.41, 5.74) is 0.393. The molecule has 0 bridgehead atoms. The number of para-hydroxylation sites is 1. The number of aromatic nitrogens is 1. The molecule has 1 aromatic heterocycles. The van der Waals surface area contributed by atoms with Crippen molar-refractivity contribution in [2.75, 3.05) is 50.4 Å². The summed E-state index contributed by atoms with van der Waals surface area (Å²) in [6, 6.07) is 4.95. The van der Waals surface area contributed by atoms with Crippen LogP contribution in [0.1, 0.15) is 12.8 Å². The van der Waals surface area contributed by atoms with Crippen molar-refractivity contribution in [2.45, 2.75) is 12.8 Å². The molecule has 1 unspecified atom stereocenters. The van der Waals surface area contributed by atoms with Crippen LogP contribution in [0.4, 0.5) is 9.52 Å². The Morgan fingerprint density at radius 2 is 1.96 bits per heavy atom. The van der Waals surface area contributed by atoms with Crippen LogP contribution in [0.15, 0.2) is 18.2 Å². The van der Waals surface area contributed by atoms with Crippen LogP contribution in [0.2, 0.25) is 0 Å². The third kappa shape index (κ3) is 3.85. The van der Waals surface area contributed by atoms with Crippen LogP contribution < -0.4 is 4.90 Å². The first kappa shape index (κ1) is 19.5. The molecule has 1 amide bonds.